The van der Waals surface area contributed by atoms with E-state index < -0.39 is 17.5 Å². The number of oxime groups is 1. The second kappa shape index (κ2) is 5.95. The zero-order valence-electron chi connectivity index (χ0n) is 10.5. The highest BCUT2D eigenvalue weighted by atomic mass is 19.1. The summed E-state index contributed by atoms with van der Waals surface area (Å²) >= 11 is 0. The van der Waals surface area contributed by atoms with Crippen LogP contribution in [0.1, 0.15) is 16.1 Å². The van der Waals surface area contributed by atoms with Crippen molar-refractivity contribution in [2.24, 2.45) is 10.9 Å². The van der Waals surface area contributed by atoms with Crippen molar-refractivity contribution >= 4 is 17.4 Å². The van der Waals surface area contributed by atoms with Gasteiger partial charge in [0, 0.05) is 5.56 Å². The lowest BCUT2D eigenvalue weighted by molar-refractivity contribution is 0.102. The van der Waals surface area contributed by atoms with Gasteiger partial charge in [-0.2, -0.15) is 0 Å². The Labute approximate surface area is 117 Å². The summed E-state index contributed by atoms with van der Waals surface area (Å²) in [6.45, 7) is 0. The molecule has 2 aromatic rings. The highest BCUT2D eigenvalue weighted by molar-refractivity contribution is 6.03. The average Bonchev–Trinajstić information content (AvgIpc) is 2.49. The molecule has 1 aromatic heterocycles. The minimum absolute atomic E-state index is 0.0590. The lowest BCUT2D eigenvalue weighted by Gasteiger charge is -2.07. The van der Waals surface area contributed by atoms with E-state index >= 15 is 0 Å². The van der Waals surface area contributed by atoms with E-state index in [-0.39, 0.29) is 22.8 Å². The van der Waals surface area contributed by atoms with Gasteiger partial charge in [0.1, 0.15) is 17.3 Å². The van der Waals surface area contributed by atoms with Gasteiger partial charge in [-0.05, 0) is 30.3 Å². The number of nitrogens with zero attached hydrogens (tertiary/aromatic N) is 2. The van der Waals surface area contributed by atoms with Crippen LogP contribution in [0, 0.1) is 11.6 Å². The summed E-state index contributed by atoms with van der Waals surface area (Å²) in [6.07, 6.45) is 0.882. The molecule has 6 nitrogen and oxygen atoms in total. The Morgan fingerprint density at radius 2 is 2.05 bits per heavy atom. The summed E-state index contributed by atoms with van der Waals surface area (Å²) in [4.78, 5) is 15.4. The first-order chi connectivity index (χ1) is 10.0. The SMILES string of the molecule is N/C(=N/O)c1ccc(NC(=O)c2ccc(F)cn2)c(F)c1. The van der Waals surface area contributed by atoms with E-state index in [0.717, 1.165) is 18.3 Å². The molecule has 108 valence electrons. The summed E-state index contributed by atoms with van der Waals surface area (Å²) in [5.41, 5.74) is 5.31. The number of rotatable bonds is 3. The monoisotopic (exact) mass is 292 g/mol. The maximum absolute atomic E-state index is 13.8. The van der Waals surface area contributed by atoms with Crippen molar-refractivity contribution in [1.29, 1.82) is 0 Å². The van der Waals surface area contributed by atoms with E-state index in [1.807, 2.05) is 0 Å². The lowest BCUT2D eigenvalue weighted by Crippen LogP contribution is -2.16. The molecular formula is C13H10F2N4O2. The quantitative estimate of drug-likeness (QED) is 0.347. The van der Waals surface area contributed by atoms with E-state index in [2.05, 4.69) is 15.5 Å². The molecule has 8 heteroatoms. The summed E-state index contributed by atoms with van der Waals surface area (Å²) < 4.78 is 26.5. The van der Waals surface area contributed by atoms with E-state index in [1.54, 1.807) is 0 Å². The van der Waals surface area contributed by atoms with Crippen LogP contribution in [0.25, 0.3) is 0 Å². The van der Waals surface area contributed by atoms with Crippen molar-refractivity contribution in [1.82, 2.24) is 4.98 Å². The number of anilines is 1. The van der Waals surface area contributed by atoms with Crippen LogP contribution in [0.15, 0.2) is 41.7 Å². The smallest absolute Gasteiger partial charge is 0.274 e. The molecule has 0 aliphatic carbocycles. The zero-order chi connectivity index (χ0) is 15.4. The third-order valence-corrected chi connectivity index (χ3v) is 2.58. The molecule has 0 spiro atoms. The predicted molar refractivity (Wildman–Crippen MR) is 71.1 cm³/mol. The van der Waals surface area contributed by atoms with Crippen molar-refractivity contribution in [3.05, 3.63) is 59.4 Å². The van der Waals surface area contributed by atoms with Crippen molar-refractivity contribution < 1.29 is 18.8 Å². The van der Waals surface area contributed by atoms with Crippen LogP contribution in [-0.2, 0) is 0 Å². The minimum atomic E-state index is -0.769. The van der Waals surface area contributed by atoms with Gasteiger partial charge in [-0.25, -0.2) is 13.8 Å². The van der Waals surface area contributed by atoms with Gasteiger partial charge in [0.2, 0.25) is 0 Å². The number of amides is 1. The number of carbonyl (C=O) groups excluding carboxylic acids is 1. The van der Waals surface area contributed by atoms with Crippen LogP contribution in [0.3, 0.4) is 0 Å². The Morgan fingerprint density at radius 3 is 2.62 bits per heavy atom. The predicted octanol–water partition coefficient (Wildman–Crippen LogP) is 1.71. The van der Waals surface area contributed by atoms with Gasteiger partial charge in [0.15, 0.2) is 5.84 Å². The molecule has 0 saturated heterocycles. The number of aromatic nitrogens is 1. The molecule has 1 aromatic carbocycles. The standard InChI is InChI=1S/C13H10F2N4O2/c14-8-2-4-11(17-6-8)13(20)18-10-3-1-7(5-9(10)15)12(16)19-21/h1-6,21H,(H2,16,19)(H,18,20). The lowest BCUT2D eigenvalue weighted by atomic mass is 10.2. The first kappa shape index (κ1) is 14.4. The Morgan fingerprint density at radius 1 is 1.29 bits per heavy atom. The molecule has 0 unspecified atom stereocenters. The molecule has 0 aliphatic heterocycles. The number of carbonyl (C=O) groups is 1. The first-order valence-electron chi connectivity index (χ1n) is 5.71. The van der Waals surface area contributed by atoms with Crippen LogP contribution in [0.4, 0.5) is 14.5 Å². The normalized spacial score (nSPS) is 11.2. The number of benzene rings is 1. The molecule has 4 N–H and O–H groups in total. The number of pyridine rings is 1. The molecule has 0 aliphatic rings. The molecule has 1 heterocycles. The van der Waals surface area contributed by atoms with Crippen LogP contribution in [0.2, 0.25) is 0 Å². The summed E-state index contributed by atoms with van der Waals surface area (Å²) in [6, 6.07) is 5.87. The van der Waals surface area contributed by atoms with Gasteiger partial charge >= 0.3 is 0 Å². The number of nitrogens with two attached hydrogens (primary N) is 1. The maximum Gasteiger partial charge on any atom is 0.274 e. The van der Waals surface area contributed by atoms with Crippen LogP contribution < -0.4 is 11.1 Å². The Kier molecular flexibility index (Phi) is 4.07. The highest BCUT2D eigenvalue weighted by Gasteiger charge is 2.12. The van der Waals surface area contributed by atoms with Crippen LogP contribution >= 0.6 is 0 Å². The summed E-state index contributed by atoms with van der Waals surface area (Å²) in [5.74, 6) is -2.30. The van der Waals surface area contributed by atoms with Crippen LogP contribution in [-0.4, -0.2) is 21.9 Å². The van der Waals surface area contributed by atoms with E-state index in [1.165, 1.54) is 18.2 Å². The fourth-order valence-electron chi connectivity index (χ4n) is 1.53. The van der Waals surface area contributed by atoms with Gasteiger partial charge in [0.05, 0.1) is 11.9 Å². The van der Waals surface area contributed by atoms with Gasteiger partial charge < -0.3 is 16.3 Å². The molecule has 0 atom stereocenters. The first-order valence-corrected chi connectivity index (χ1v) is 5.71. The maximum atomic E-state index is 13.8. The van der Waals surface area contributed by atoms with Crippen molar-refractivity contribution in [2.45, 2.75) is 0 Å². The molecule has 2 rings (SSSR count). The van der Waals surface area contributed by atoms with Crippen molar-refractivity contribution in [3.63, 3.8) is 0 Å². The minimum Gasteiger partial charge on any atom is -0.409 e. The van der Waals surface area contributed by atoms with E-state index in [4.69, 9.17) is 10.9 Å². The third-order valence-electron chi connectivity index (χ3n) is 2.58. The number of hydrogen-bond acceptors (Lipinski definition) is 4. The largest absolute Gasteiger partial charge is 0.409 e. The molecule has 0 saturated carbocycles. The Hall–Kier alpha value is -3.03. The summed E-state index contributed by atoms with van der Waals surface area (Å²) in [7, 11) is 0. The number of hydrogen-bond donors (Lipinski definition) is 3. The van der Waals surface area contributed by atoms with Crippen molar-refractivity contribution in [2.75, 3.05) is 5.32 Å². The molecule has 21 heavy (non-hydrogen) atoms. The Balaban J connectivity index is 2.20. The van der Waals surface area contributed by atoms with Gasteiger partial charge in [0.25, 0.3) is 5.91 Å². The highest BCUT2D eigenvalue weighted by Crippen LogP contribution is 2.16. The second-order valence-electron chi connectivity index (χ2n) is 4.00. The third kappa shape index (κ3) is 3.30. The fourth-order valence-corrected chi connectivity index (χ4v) is 1.53. The summed E-state index contributed by atoms with van der Waals surface area (Å²) in [5, 5.41) is 13.5. The van der Waals surface area contributed by atoms with E-state index in [0.29, 0.717) is 0 Å². The number of nitrogens with one attached hydrogen (secondary N) is 1. The molecule has 0 radical (unpaired) electrons. The molecular weight excluding hydrogens is 282 g/mol. The Bertz CT molecular complexity index is 702. The molecule has 0 fully saturated rings. The zero-order valence-corrected chi connectivity index (χ0v) is 10.5. The number of amidine groups is 1. The van der Waals surface area contributed by atoms with Crippen LogP contribution in [0.5, 0.6) is 0 Å². The van der Waals surface area contributed by atoms with Gasteiger partial charge in [-0.3, -0.25) is 4.79 Å². The number of halogens is 2. The topological polar surface area (TPSA) is 101 Å². The van der Waals surface area contributed by atoms with Crippen molar-refractivity contribution in [3.8, 4) is 0 Å². The molecule has 0 bridgehead atoms. The second-order valence-corrected chi connectivity index (χ2v) is 4.00. The average molecular weight is 292 g/mol. The van der Waals surface area contributed by atoms with Gasteiger partial charge in [-0.15, -0.1) is 0 Å². The van der Waals surface area contributed by atoms with Gasteiger partial charge in [-0.1, -0.05) is 5.16 Å². The molecule has 1 amide bonds. The fraction of sp³-hybridized carbons (Fsp3) is 0. The van der Waals surface area contributed by atoms with E-state index in [9.17, 15) is 13.6 Å².